The highest BCUT2D eigenvalue weighted by Gasteiger charge is 2.20. The van der Waals surface area contributed by atoms with Gasteiger partial charge in [0.05, 0.1) is 9.79 Å². The van der Waals surface area contributed by atoms with Crippen LogP contribution < -0.4 is 5.73 Å². The number of hydrogen-bond acceptors (Lipinski definition) is 5. The minimum absolute atomic E-state index is 0.000191. The number of rotatable bonds is 5. The van der Waals surface area contributed by atoms with Crippen LogP contribution in [0.4, 0.5) is 0 Å². The Morgan fingerprint density at radius 3 is 2.00 bits per heavy atom. The first-order valence-electron chi connectivity index (χ1n) is 6.21. The molecule has 114 valence electrons. The Bertz CT molecular complexity index is 691. The molecule has 0 saturated carbocycles. The third-order valence-corrected chi connectivity index (χ3v) is 5.47. The Kier molecular flexibility index (Phi) is 4.99. The van der Waals surface area contributed by atoms with Crippen molar-refractivity contribution in [3.8, 4) is 0 Å². The molecule has 0 amide bonds. The fourth-order valence-corrected chi connectivity index (χ4v) is 3.46. The zero-order valence-corrected chi connectivity index (χ0v) is 13.8. The van der Waals surface area contributed by atoms with E-state index in [9.17, 15) is 16.8 Å². The summed E-state index contributed by atoms with van der Waals surface area (Å²) in [4.78, 5) is 0.0383. The molecule has 1 aromatic carbocycles. The molecule has 2 N–H and O–H groups in total. The molecule has 1 unspecified atom stereocenters. The summed E-state index contributed by atoms with van der Waals surface area (Å²) in [6.07, 6.45) is 2.51. The molecule has 0 spiro atoms. The summed E-state index contributed by atoms with van der Waals surface area (Å²) in [5, 5.41) is 0. The fourth-order valence-electron chi connectivity index (χ4n) is 1.77. The minimum Gasteiger partial charge on any atom is -0.327 e. The number of hydrogen-bond donors (Lipinski definition) is 1. The van der Waals surface area contributed by atoms with E-state index in [4.69, 9.17) is 5.73 Å². The molecule has 0 heterocycles. The molecular weight excluding hydrogens is 298 g/mol. The Labute approximate surface area is 121 Å². The summed E-state index contributed by atoms with van der Waals surface area (Å²) >= 11 is 0. The van der Waals surface area contributed by atoms with Gasteiger partial charge in [-0.2, -0.15) is 0 Å². The molecule has 0 aliphatic carbocycles. The van der Waals surface area contributed by atoms with Gasteiger partial charge in [-0.05, 0) is 30.0 Å². The van der Waals surface area contributed by atoms with E-state index in [1.807, 2.05) is 13.8 Å². The van der Waals surface area contributed by atoms with Crippen LogP contribution in [0.2, 0.25) is 0 Å². The molecule has 0 saturated heterocycles. The third-order valence-electron chi connectivity index (χ3n) is 3.18. The van der Waals surface area contributed by atoms with Crippen LogP contribution in [0.5, 0.6) is 0 Å². The number of benzene rings is 1. The SMILES string of the molecule is CC(C)C(N)Cc1ccc(S(C)(=O)=O)cc1S(C)(=O)=O. The third kappa shape index (κ3) is 4.29. The molecule has 0 aromatic heterocycles. The van der Waals surface area contributed by atoms with Crippen molar-refractivity contribution in [2.75, 3.05) is 12.5 Å². The fraction of sp³-hybridized carbons (Fsp3) is 0.538. The lowest BCUT2D eigenvalue weighted by molar-refractivity contribution is 0.487. The second-order valence-electron chi connectivity index (χ2n) is 5.43. The molecule has 0 fully saturated rings. The topological polar surface area (TPSA) is 94.3 Å². The smallest absolute Gasteiger partial charge is 0.175 e. The molecule has 7 heteroatoms. The summed E-state index contributed by atoms with van der Waals surface area (Å²) in [6, 6.07) is 3.99. The standard InChI is InChI=1S/C13H21NO4S2/c1-9(2)12(14)7-10-5-6-11(19(3,15)16)8-13(10)20(4,17)18/h5-6,8-9,12H,7,14H2,1-4H3. The minimum atomic E-state index is -3.51. The highest BCUT2D eigenvalue weighted by atomic mass is 32.2. The van der Waals surface area contributed by atoms with E-state index in [0.29, 0.717) is 12.0 Å². The van der Waals surface area contributed by atoms with Gasteiger partial charge in [0.1, 0.15) is 0 Å². The van der Waals surface area contributed by atoms with Gasteiger partial charge in [0.25, 0.3) is 0 Å². The van der Waals surface area contributed by atoms with E-state index < -0.39 is 19.7 Å². The number of sulfone groups is 2. The van der Waals surface area contributed by atoms with Crippen molar-refractivity contribution in [1.29, 1.82) is 0 Å². The molecule has 1 aromatic rings. The van der Waals surface area contributed by atoms with Crippen LogP contribution in [0.3, 0.4) is 0 Å². The average Bonchev–Trinajstić information content (AvgIpc) is 2.26. The van der Waals surface area contributed by atoms with Gasteiger partial charge in [-0.15, -0.1) is 0 Å². The second-order valence-corrected chi connectivity index (χ2v) is 9.43. The quantitative estimate of drug-likeness (QED) is 0.874. The highest BCUT2D eigenvalue weighted by Crippen LogP contribution is 2.23. The Morgan fingerprint density at radius 2 is 1.60 bits per heavy atom. The average molecular weight is 319 g/mol. The maximum Gasteiger partial charge on any atom is 0.175 e. The van der Waals surface area contributed by atoms with Gasteiger partial charge in [-0.1, -0.05) is 19.9 Å². The first-order valence-corrected chi connectivity index (χ1v) is 10.00. The van der Waals surface area contributed by atoms with E-state index in [-0.39, 0.29) is 21.8 Å². The normalized spacial score (nSPS) is 14.5. The summed E-state index contributed by atoms with van der Waals surface area (Å²) < 4.78 is 46.8. The summed E-state index contributed by atoms with van der Waals surface area (Å²) in [7, 11) is -6.95. The highest BCUT2D eigenvalue weighted by molar-refractivity contribution is 7.91. The maximum atomic E-state index is 11.8. The molecule has 0 aliphatic rings. The number of nitrogens with two attached hydrogens (primary N) is 1. The molecule has 0 bridgehead atoms. The van der Waals surface area contributed by atoms with Crippen molar-refractivity contribution in [2.24, 2.45) is 11.7 Å². The largest absolute Gasteiger partial charge is 0.327 e. The molecule has 1 rings (SSSR count). The van der Waals surface area contributed by atoms with E-state index in [0.717, 1.165) is 12.5 Å². The molecule has 0 radical (unpaired) electrons. The van der Waals surface area contributed by atoms with Crippen molar-refractivity contribution >= 4 is 19.7 Å². The first kappa shape index (κ1) is 17.1. The van der Waals surface area contributed by atoms with E-state index >= 15 is 0 Å². The van der Waals surface area contributed by atoms with Gasteiger partial charge < -0.3 is 5.73 Å². The van der Waals surface area contributed by atoms with Gasteiger partial charge in [0.2, 0.25) is 0 Å². The Balaban J connectivity index is 3.40. The summed E-state index contributed by atoms with van der Waals surface area (Å²) in [5.74, 6) is 0.206. The lowest BCUT2D eigenvalue weighted by atomic mass is 9.97. The van der Waals surface area contributed by atoms with Crippen LogP contribution in [0.1, 0.15) is 19.4 Å². The van der Waals surface area contributed by atoms with Gasteiger partial charge in [-0.3, -0.25) is 0 Å². The van der Waals surface area contributed by atoms with Crippen molar-refractivity contribution in [2.45, 2.75) is 36.1 Å². The van der Waals surface area contributed by atoms with Crippen LogP contribution in [0.25, 0.3) is 0 Å². The van der Waals surface area contributed by atoms with Gasteiger partial charge in [-0.25, -0.2) is 16.8 Å². The van der Waals surface area contributed by atoms with Crippen LogP contribution in [-0.2, 0) is 26.1 Å². The van der Waals surface area contributed by atoms with Crippen LogP contribution in [0, 0.1) is 5.92 Å². The monoisotopic (exact) mass is 319 g/mol. The lowest BCUT2D eigenvalue weighted by Crippen LogP contribution is -2.29. The van der Waals surface area contributed by atoms with Crippen molar-refractivity contribution < 1.29 is 16.8 Å². The van der Waals surface area contributed by atoms with E-state index in [1.54, 1.807) is 0 Å². The Hall–Kier alpha value is -0.920. The van der Waals surface area contributed by atoms with E-state index in [2.05, 4.69) is 0 Å². The molecule has 20 heavy (non-hydrogen) atoms. The zero-order chi connectivity index (χ0) is 15.7. The van der Waals surface area contributed by atoms with Gasteiger partial charge >= 0.3 is 0 Å². The first-order chi connectivity index (χ1) is 8.93. The van der Waals surface area contributed by atoms with Crippen molar-refractivity contribution in [3.05, 3.63) is 23.8 Å². The van der Waals surface area contributed by atoms with Gasteiger partial charge in [0.15, 0.2) is 19.7 Å². The Morgan fingerprint density at radius 1 is 1.05 bits per heavy atom. The molecule has 0 aliphatic heterocycles. The predicted octanol–water partition coefficient (Wildman–Crippen LogP) is 1.02. The van der Waals surface area contributed by atoms with Crippen LogP contribution in [0.15, 0.2) is 28.0 Å². The summed E-state index contributed by atoms with van der Waals surface area (Å²) in [5.41, 5.74) is 6.53. The predicted molar refractivity (Wildman–Crippen MR) is 79.2 cm³/mol. The molecule has 5 nitrogen and oxygen atoms in total. The van der Waals surface area contributed by atoms with Crippen molar-refractivity contribution in [3.63, 3.8) is 0 Å². The second kappa shape index (κ2) is 5.83. The maximum absolute atomic E-state index is 11.8. The molecular formula is C13H21NO4S2. The van der Waals surface area contributed by atoms with Gasteiger partial charge in [0, 0.05) is 18.6 Å². The van der Waals surface area contributed by atoms with Crippen LogP contribution in [-0.4, -0.2) is 35.4 Å². The zero-order valence-electron chi connectivity index (χ0n) is 12.1. The molecule has 1 atom stereocenters. The lowest BCUT2D eigenvalue weighted by Gasteiger charge is -2.17. The van der Waals surface area contributed by atoms with Crippen molar-refractivity contribution in [1.82, 2.24) is 0 Å². The van der Waals surface area contributed by atoms with Crippen LogP contribution >= 0.6 is 0 Å². The summed E-state index contributed by atoms with van der Waals surface area (Å²) in [6.45, 7) is 3.91. The van der Waals surface area contributed by atoms with E-state index in [1.165, 1.54) is 18.2 Å².